The van der Waals surface area contributed by atoms with Crippen LogP contribution in [0.15, 0.2) is 47.0 Å². The highest BCUT2D eigenvalue weighted by Gasteiger charge is 2.48. The topological polar surface area (TPSA) is 62.5 Å². The monoisotopic (exact) mass is 423 g/mol. The summed E-state index contributed by atoms with van der Waals surface area (Å²) in [6.45, 7) is 2.18. The predicted octanol–water partition coefficient (Wildman–Crippen LogP) is 3.25. The van der Waals surface area contributed by atoms with Gasteiger partial charge in [-0.1, -0.05) is 12.2 Å². The van der Waals surface area contributed by atoms with Crippen molar-refractivity contribution >= 4 is 17.7 Å². The van der Waals surface area contributed by atoms with Crippen molar-refractivity contribution in [1.82, 2.24) is 20.0 Å². The normalized spacial score (nSPS) is 25.4. The molecule has 0 radical (unpaired) electrons. The third-order valence-electron chi connectivity index (χ3n) is 7.43. The summed E-state index contributed by atoms with van der Waals surface area (Å²) in [5.41, 5.74) is 3.85. The van der Waals surface area contributed by atoms with Gasteiger partial charge >= 0.3 is 0 Å². The smallest absolute Gasteiger partial charge is 0.228 e. The number of aliphatic imine (C=N–C) groups is 1. The lowest BCUT2D eigenvalue weighted by Gasteiger charge is -2.51. The second-order valence-corrected chi connectivity index (χ2v) is 9.51. The summed E-state index contributed by atoms with van der Waals surface area (Å²) < 4.78 is 14.4. The molecule has 1 aromatic rings. The molecule has 1 unspecified atom stereocenters. The molecule has 7 heteroatoms. The molecule has 1 atom stereocenters. The Balaban J connectivity index is 1.16. The van der Waals surface area contributed by atoms with Crippen LogP contribution in [0.3, 0.4) is 0 Å². The Morgan fingerprint density at radius 1 is 1.29 bits per heavy atom. The molecule has 1 amide bonds. The van der Waals surface area contributed by atoms with Crippen molar-refractivity contribution in [1.29, 1.82) is 0 Å². The molecule has 1 N–H and O–H groups in total. The molecule has 6 nitrogen and oxygen atoms in total. The van der Waals surface area contributed by atoms with Crippen LogP contribution >= 0.6 is 0 Å². The maximum absolute atomic E-state index is 12.8. The number of carbonyl (C=O) groups excluding carboxylic acids is 1. The molecule has 31 heavy (non-hydrogen) atoms. The number of nitrogens with one attached hydrogen (secondary N) is 1. The van der Waals surface area contributed by atoms with Crippen LogP contribution in [0.4, 0.5) is 4.39 Å². The lowest BCUT2D eigenvalue weighted by molar-refractivity contribution is -0.134. The Morgan fingerprint density at radius 3 is 2.81 bits per heavy atom. The van der Waals surface area contributed by atoms with Gasteiger partial charge in [0.15, 0.2) is 0 Å². The maximum Gasteiger partial charge on any atom is 0.228 e. The lowest BCUT2D eigenvalue weighted by Crippen LogP contribution is -2.51. The number of allylic oxidation sites excluding steroid dienone is 5. The quantitative estimate of drug-likeness (QED) is 0.791. The van der Waals surface area contributed by atoms with E-state index in [0.29, 0.717) is 17.8 Å². The van der Waals surface area contributed by atoms with E-state index in [1.165, 1.54) is 11.1 Å². The zero-order valence-electron chi connectivity index (χ0n) is 18.1. The molecule has 5 rings (SSSR count). The average molecular weight is 424 g/mol. The van der Waals surface area contributed by atoms with Crippen molar-refractivity contribution in [2.45, 2.75) is 32.1 Å². The number of rotatable bonds is 5. The van der Waals surface area contributed by atoms with Gasteiger partial charge in [-0.2, -0.15) is 5.10 Å². The third-order valence-corrected chi connectivity index (χ3v) is 7.43. The predicted molar refractivity (Wildman–Crippen MR) is 119 cm³/mol. The largest absolute Gasteiger partial charge is 0.311 e. The summed E-state index contributed by atoms with van der Waals surface area (Å²) in [7, 11) is 1.92. The van der Waals surface area contributed by atoms with E-state index in [1.54, 1.807) is 0 Å². The van der Waals surface area contributed by atoms with Crippen LogP contribution < -0.4 is 5.32 Å². The molecular weight excluding hydrogens is 393 g/mol. The summed E-state index contributed by atoms with van der Waals surface area (Å²) in [5.74, 6) is 1.04. The number of piperidine rings is 1. The maximum atomic E-state index is 12.8. The molecule has 1 spiro atoms. The van der Waals surface area contributed by atoms with E-state index >= 15 is 0 Å². The van der Waals surface area contributed by atoms with Gasteiger partial charge in [0, 0.05) is 43.4 Å². The zero-order valence-corrected chi connectivity index (χ0v) is 18.1. The highest BCUT2D eigenvalue weighted by atomic mass is 19.1. The number of alkyl halides is 1. The van der Waals surface area contributed by atoms with Crippen molar-refractivity contribution in [3.63, 3.8) is 0 Å². The average Bonchev–Trinajstić information content (AvgIpc) is 3.19. The molecule has 1 saturated heterocycles. The zero-order chi connectivity index (χ0) is 21.4. The van der Waals surface area contributed by atoms with Gasteiger partial charge in [0.05, 0.1) is 6.20 Å². The molecule has 2 aliphatic heterocycles. The summed E-state index contributed by atoms with van der Waals surface area (Å²) in [5, 5.41) is 7.34. The van der Waals surface area contributed by atoms with Gasteiger partial charge in [-0.15, -0.1) is 0 Å². The number of aromatic nitrogens is 2. The fourth-order valence-corrected chi connectivity index (χ4v) is 5.47. The van der Waals surface area contributed by atoms with Crippen LogP contribution in [-0.2, 0) is 11.8 Å². The molecule has 0 aromatic carbocycles. The molecule has 3 heterocycles. The SMILES string of the molecule is Cn1cc(C2=CC=C3C=NC(NC(=O)C4CC5(CCN(CCF)CC5)C4)=CC3C2)cn1. The standard InChI is InChI=1S/C24H30FN5O/c1-29-16-21(15-27-29)17-2-3-18-14-26-22(11-19(18)10-17)28-23(31)20-12-24(13-20)4-7-30(8-5-24)9-6-25/h2-3,11,14-16,19-20H,4-10,12-13H2,1H3,(H,28,31). The minimum absolute atomic E-state index is 0.0676. The number of hydrogen-bond acceptors (Lipinski definition) is 4. The number of amides is 1. The first-order chi connectivity index (χ1) is 15.0. The summed E-state index contributed by atoms with van der Waals surface area (Å²) in [6.07, 6.45) is 17.1. The Kier molecular flexibility index (Phi) is 5.38. The molecule has 2 fully saturated rings. The molecule has 1 aromatic heterocycles. The van der Waals surface area contributed by atoms with Gasteiger partial charge in [0.2, 0.25) is 5.91 Å². The van der Waals surface area contributed by atoms with E-state index in [1.807, 2.05) is 30.3 Å². The first-order valence-corrected chi connectivity index (χ1v) is 11.3. The van der Waals surface area contributed by atoms with Crippen LogP contribution in [-0.4, -0.2) is 53.1 Å². The molecule has 1 saturated carbocycles. The van der Waals surface area contributed by atoms with E-state index in [-0.39, 0.29) is 24.4 Å². The van der Waals surface area contributed by atoms with Gasteiger partial charge in [0.25, 0.3) is 0 Å². The molecular formula is C24H30FN5O. The second-order valence-electron chi connectivity index (χ2n) is 9.51. The van der Waals surface area contributed by atoms with Crippen LogP contribution in [0.1, 0.15) is 37.7 Å². The van der Waals surface area contributed by atoms with Crippen molar-refractivity contribution in [3.8, 4) is 0 Å². The Labute approximate surface area is 182 Å². The number of halogens is 1. The highest BCUT2D eigenvalue weighted by molar-refractivity contribution is 5.87. The van der Waals surface area contributed by atoms with Crippen LogP contribution in [0.2, 0.25) is 0 Å². The van der Waals surface area contributed by atoms with Crippen LogP contribution in [0.25, 0.3) is 5.57 Å². The van der Waals surface area contributed by atoms with Gasteiger partial charge in [-0.25, -0.2) is 9.38 Å². The number of fused-ring (bicyclic) bond motifs is 1. The molecule has 0 bridgehead atoms. The number of likely N-dealkylation sites (tertiary alicyclic amines) is 1. The number of nitrogens with zero attached hydrogens (tertiary/aromatic N) is 4. The van der Waals surface area contributed by atoms with Crippen LogP contribution in [0, 0.1) is 17.3 Å². The Hall–Kier alpha value is -2.54. The van der Waals surface area contributed by atoms with E-state index in [0.717, 1.165) is 50.8 Å². The minimum Gasteiger partial charge on any atom is -0.311 e. The van der Waals surface area contributed by atoms with E-state index in [9.17, 15) is 9.18 Å². The van der Waals surface area contributed by atoms with Gasteiger partial charge in [-0.3, -0.25) is 9.48 Å². The molecule has 164 valence electrons. The number of hydrogen-bond donors (Lipinski definition) is 1. The Bertz CT molecular complexity index is 972. The lowest BCUT2D eigenvalue weighted by atomic mass is 9.57. The van der Waals surface area contributed by atoms with Crippen molar-refractivity contribution in [2.75, 3.05) is 26.3 Å². The van der Waals surface area contributed by atoms with E-state index < -0.39 is 0 Å². The second kappa shape index (κ2) is 8.19. The highest BCUT2D eigenvalue weighted by Crippen LogP contribution is 2.52. The van der Waals surface area contributed by atoms with Crippen molar-refractivity contribution in [2.24, 2.45) is 29.3 Å². The first-order valence-electron chi connectivity index (χ1n) is 11.3. The van der Waals surface area contributed by atoms with Crippen molar-refractivity contribution in [3.05, 3.63) is 47.6 Å². The van der Waals surface area contributed by atoms with Crippen molar-refractivity contribution < 1.29 is 9.18 Å². The fraction of sp³-hybridized carbons (Fsp3) is 0.542. The number of aryl methyl sites for hydroxylation is 1. The Morgan fingerprint density at radius 2 is 2.10 bits per heavy atom. The van der Waals surface area contributed by atoms with Gasteiger partial charge in [0.1, 0.15) is 12.5 Å². The minimum atomic E-state index is -0.273. The summed E-state index contributed by atoms with van der Waals surface area (Å²) >= 11 is 0. The van der Waals surface area contributed by atoms with E-state index in [2.05, 4.69) is 38.5 Å². The molecule has 2 aliphatic carbocycles. The number of carbonyl (C=O) groups is 1. The van der Waals surface area contributed by atoms with Gasteiger partial charge < -0.3 is 10.2 Å². The fourth-order valence-electron chi connectivity index (χ4n) is 5.47. The summed E-state index contributed by atoms with van der Waals surface area (Å²) in [6, 6.07) is 0. The third kappa shape index (κ3) is 4.15. The van der Waals surface area contributed by atoms with Crippen LogP contribution in [0.5, 0.6) is 0 Å². The van der Waals surface area contributed by atoms with Gasteiger partial charge in [-0.05, 0) is 67.8 Å². The molecule has 4 aliphatic rings. The van der Waals surface area contributed by atoms with E-state index in [4.69, 9.17) is 0 Å². The summed E-state index contributed by atoms with van der Waals surface area (Å²) in [4.78, 5) is 19.5. The first kappa shape index (κ1) is 20.4.